The van der Waals surface area contributed by atoms with Crippen LogP contribution in [0.4, 0.5) is 0 Å². The van der Waals surface area contributed by atoms with Gasteiger partial charge < -0.3 is 4.42 Å². The van der Waals surface area contributed by atoms with E-state index in [0.717, 1.165) is 33.9 Å². The fraction of sp³-hybridized carbons (Fsp3) is 0.233. The van der Waals surface area contributed by atoms with Gasteiger partial charge in [0, 0.05) is 82.4 Å². The van der Waals surface area contributed by atoms with Gasteiger partial charge in [0.05, 0.1) is 0 Å². The van der Waals surface area contributed by atoms with Crippen molar-refractivity contribution in [1.29, 1.82) is 0 Å². The molecule has 0 unspecified atom stereocenters. The molecule has 4 aromatic heterocycles. The van der Waals surface area contributed by atoms with Crippen molar-refractivity contribution in [2.75, 3.05) is 0 Å². The van der Waals surface area contributed by atoms with Crippen molar-refractivity contribution in [2.24, 2.45) is 0 Å². The van der Waals surface area contributed by atoms with Crippen LogP contribution in [0.2, 0.25) is 0 Å². The van der Waals surface area contributed by atoms with E-state index in [1.807, 2.05) is 34.0 Å². The van der Waals surface area contributed by atoms with Crippen molar-refractivity contribution < 1.29 is 4.42 Å². The largest absolute Gasteiger partial charge is 0.455 e. The lowest BCUT2D eigenvalue weighted by Crippen LogP contribution is -2.28. The van der Waals surface area contributed by atoms with Gasteiger partial charge in [-0.2, -0.15) is 0 Å². The van der Waals surface area contributed by atoms with E-state index in [-0.39, 0.29) is 27.1 Å². The predicted molar refractivity (Wildman–Crippen MR) is 398 cm³/mol. The molecule has 0 spiro atoms. The smallest absolute Gasteiger partial charge is 0.143 e. The Morgan fingerprint density at radius 2 is 0.833 bits per heavy atom. The molecule has 0 radical (unpaired) electrons. The van der Waals surface area contributed by atoms with E-state index in [1.54, 1.807) is 0 Å². The van der Waals surface area contributed by atoms with E-state index in [1.165, 1.54) is 144 Å². The minimum atomic E-state index is -0.269. The van der Waals surface area contributed by atoms with Crippen LogP contribution in [0, 0.1) is 0 Å². The Morgan fingerprint density at radius 1 is 0.300 bits per heavy atom. The van der Waals surface area contributed by atoms with Crippen LogP contribution < -0.4 is 0 Å². The first-order valence-electron chi connectivity index (χ1n) is 32.1. The van der Waals surface area contributed by atoms with Gasteiger partial charge in [0.1, 0.15) is 11.2 Å². The second-order valence-electron chi connectivity index (χ2n) is 30.1. The van der Waals surface area contributed by atoms with E-state index in [9.17, 15) is 0 Å². The van der Waals surface area contributed by atoms with Gasteiger partial charge in [0.25, 0.3) is 0 Å². The topological polar surface area (TPSA) is 13.1 Å². The molecule has 4 heterocycles. The van der Waals surface area contributed by atoms with E-state index in [0.29, 0.717) is 0 Å². The summed E-state index contributed by atoms with van der Waals surface area (Å²) in [5.74, 6) is 0. The molecule has 0 atom stereocenters. The SMILES string of the molecule is CC(C)(C)c1cc(CC(C)(C)c2c(-c3cccc4sc5cc(-c6cc(-c7cccc(-c8cccc9c8oc8ccccc89)c7C(C)(C)C)c7sc8ccccc8c7c6)ccc5c34)cccc2C(C)(C)C)cc(-c2cccc3c2sc2ccccc23)c1C(C)(C)C. The molecule has 1 nitrogen and oxygen atoms in total. The lowest BCUT2D eigenvalue weighted by Gasteiger charge is -2.37. The van der Waals surface area contributed by atoms with E-state index < -0.39 is 0 Å². The monoisotopic (exact) mass is 1220 g/mol. The van der Waals surface area contributed by atoms with Gasteiger partial charge in [0.2, 0.25) is 0 Å². The minimum Gasteiger partial charge on any atom is -0.455 e. The molecule has 0 aliphatic rings. The number of rotatable bonds is 8. The van der Waals surface area contributed by atoms with Crippen LogP contribution in [-0.2, 0) is 33.5 Å². The molecule has 0 aliphatic carbocycles. The summed E-state index contributed by atoms with van der Waals surface area (Å²) in [7, 11) is 0. The molecule has 90 heavy (non-hydrogen) atoms. The second kappa shape index (κ2) is 21.0. The molecule has 0 fully saturated rings. The lowest BCUT2D eigenvalue weighted by atomic mass is 9.67. The molecule has 15 aromatic rings. The molecule has 11 aromatic carbocycles. The van der Waals surface area contributed by atoms with E-state index >= 15 is 0 Å². The Kier molecular flexibility index (Phi) is 13.6. The highest BCUT2D eigenvalue weighted by Crippen LogP contribution is 2.53. The summed E-state index contributed by atoms with van der Waals surface area (Å²) in [4.78, 5) is 0. The Morgan fingerprint density at radius 3 is 1.52 bits per heavy atom. The van der Waals surface area contributed by atoms with Gasteiger partial charge in [-0.05, 0) is 154 Å². The number of para-hydroxylation sites is 2. The van der Waals surface area contributed by atoms with Gasteiger partial charge >= 0.3 is 0 Å². The van der Waals surface area contributed by atoms with Crippen LogP contribution in [0.5, 0.6) is 0 Å². The van der Waals surface area contributed by atoms with Crippen molar-refractivity contribution in [3.8, 4) is 55.6 Å². The molecule has 0 saturated heterocycles. The van der Waals surface area contributed by atoms with Crippen LogP contribution in [0.1, 0.15) is 130 Å². The molecule has 4 heteroatoms. The van der Waals surface area contributed by atoms with Crippen molar-refractivity contribution in [3.05, 3.63) is 240 Å². The highest BCUT2D eigenvalue weighted by Gasteiger charge is 2.36. The zero-order valence-electron chi connectivity index (χ0n) is 54.5. The second-order valence-corrected chi connectivity index (χ2v) is 33.3. The molecular formula is C86H78OS3. The van der Waals surface area contributed by atoms with Gasteiger partial charge in [-0.15, -0.1) is 34.0 Å². The van der Waals surface area contributed by atoms with Gasteiger partial charge in [-0.25, -0.2) is 0 Å². The van der Waals surface area contributed by atoms with Crippen LogP contribution in [0.15, 0.2) is 211 Å². The predicted octanol–water partition coefficient (Wildman–Crippen LogP) is 26.7. The number of benzene rings is 11. The molecule has 0 bridgehead atoms. The average molecular weight is 1220 g/mol. The van der Waals surface area contributed by atoms with Crippen molar-refractivity contribution in [1.82, 2.24) is 0 Å². The molecule has 446 valence electrons. The van der Waals surface area contributed by atoms with Crippen LogP contribution in [-0.4, -0.2) is 0 Å². The third kappa shape index (κ3) is 9.66. The highest BCUT2D eigenvalue weighted by atomic mass is 32.1. The maximum atomic E-state index is 6.75. The number of hydrogen-bond donors (Lipinski definition) is 0. The third-order valence-electron chi connectivity index (χ3n) is 19.0. The zero-order valence-corrected chi connectivity index (χ0v) is 56.9. The number of furan rings is 1. The van der Waals surface area contributed by atoms with Gasteiger partial charge in [-0.1, -0.05) is 261 Å². The molecule has 0 N–H and O–H groups in total. The summed E-state index contributed by atoms with van der Waals surface area (Å²) >= 11 is 5.77. The fourth-order valence-electron chi connectivity index (χ4n) is 15.3. The lowest BCUT2D eigenvalue weighted by molar-refractivity contribution is 0.490. The normalized spacial score (nSPS) is 13.0. The minimum absolute atomic E-state index is 0.0852. The molecule has 15 rings (SSSR count). The molecule has 0 aliphatic heterocycles. The van der Waals surface area contributed by atoms with Crippen molar-refractivity contribution >= 4 is 116 Å². The number of hydrogen-bond acceptors (Lipinski definition) is 4. The van der Waals surface area contributed by atoms with Gasteiger partial charge in [-0.3, -0.25) is 0 Å². The summed E-state index contributed by atoms with van der Waals surface area (Å²) in [6.45, 7) is 33.8. The first-order chi connectivity index (χ1) is 42.9. The van der Waals surface area contributed by atoms with Crippen LogP contribution >= 0.6 is 34.0 Å². The highest BCUT2D eigenvalue weighted by molar-refractivity contribution is 7.27. The maximum Gasteiger partial charge on any atom is 0.143 e. The quantitative estimate of drug-likeness (QED) is 0.148. The molecular weight excluding hydrogens is 1150 g/mol. The standard InChI is InChI=1S/C86H78OS3/c1-82(2,3)68-37-24-32-57(78(68)86(13,14)49-50-44-65(77(85(10,11)12)69(45-50)83(4,5)6)63-36-23-35-62-54-27-16-19-39-71(54)89-80(62)63)56-29-25-41-73-75(56)64-43-42-51(48-74(64)88-73)52-46-66-55-28-17-20-40-72(55)90-81(66)67(47-52)59-31-21-30-58(76(59)84(7,8)9)61-34-22-33-60-53-26-15-18-38-70(53)87-79(60)61/h15-48H,49H2,1-14H3. The fourth-order valence-corrected chi connectivity index (χ4v) is 18.9. The number of fused-ring (bicyclic) bond motifs is 12. The van der Waals surface area contributed by atoms with E-state index in [4.69, 9.17) is 4.42 Å². The number of thiophene rings is 3. The molecule has 0 amide bonds. The Labute approximate surface area is 542 Å². The zero-order chi connectivity index (χ0) is 62.6. The van der Waals surface area contributed by atoms with Crippen LogP contribution in [0.3, 0.4) is 0 Å². The summed E-state index contributed by atoms with van der Waals surface area (Å²) in [5, 5.41) is 10.2. The Balaban J connectivity index is 0.881. The third-order valence-corrected chi connectivity index (χ3v) is 22.6. The summed E-state index contributed by atoms with van der Waals surface area (Å²) in [6.07, 6.45) is 0.879. The first kappa shape index (κ1) is 58.3. The van der Waals surface area contributed by atoms with E-state index in [2.05, 4.69) is 303 Å². The van der Waals surface area contributed by atoms with Crippen LogP contribution in [0.25, 0.3) is 138 Å². The summed E-state index contributed by atoms with van der Waals surface area (Å²) in [5.41, 5.74) is 22.2. The summed E-state index contributed by atoms with van der Waals surface area (Å²) < 4.78 is 14.7. The molecule has 0 saturated carbocycles. The Bertz CT molecular complexity index is 5400. The first-order valence-corrected chi connectivity index (χ1v) is 34.5. The van der Waals surface area contributed by atoms with Crippen molar-refractivity contribution in [3.63, 3.8) is 0 Å². The summed E-state index contributed by atoms with van der Waals surface area (Å²) in [6, 6.07) is 78.6. The maximum absolute atomic E-state index is 6.75. The average Bonchev–Trinajstić information content (AvgIpc) is 1.70. The Hall–Kier alpha value is -8.12. The van der Waals surface area contributed by atoms with Crippen molar-refractivity contribution in [2.45, 2.75) is 130 Å². The van der Waals surface area contributed by atoms with Gasteiger partial charge in [0.15, 0.2) is 0 Å².